The molecule has 0 amide bonds. The van der Waals surface area contributed by atoms with E-state index in [0.717, 1.165) is 31.2 Å². The highest BCUT2D eigenvalue weighted by molar-refractivity contribution is 5.18. The van der Waals surface area contributed by atoms with Crippen LogP contribution in [-0.2, 0) is 6.42 Å². The van der Waals surface area contributed by atoms with Crippen LogP contribution in [0.1, 0.15) is 44.1 Å². The van der Waals surface area contributed by atoms with Gasteiger partial charge in [0.25, 0.3) is 0 Å². The molecular weight excluding hydrogens is 203 g/mol. The smallest absolute Gasteiger partial charge is 0.123 e. The summed E-state index contributed by atoms with van der Waals surface area (Å²) in [5.41, 5.74) is 0.300. The molecule has 0 bridgehead atoms. The van der Waals surface area contributed by atoms with Crippen LogP contribution in [0, 0.1) is 5.82 Å². The van der Waals surface area contributed by atoms with Crippen LogP contribution in [0.15, 0.2) is 24.3 Å². The standard InChI is InChI=1S/C14H19FO/c15-13-7-5-6-12(10-13)11-14(16)8-3-1-2-4-9-14/h5-7,10,16H,1-4,8-9,11H2. The average Bonchev–Trinajstić information content (AvgIpc) is 2.43. The third kappa shape index (κ3) is 3.05. The molecule has 88 valence electrons. The fourth-order valence-corrected chi connectivity index (χ4v) is 2.59. The molecule has 1 aromatic carbocycles. The van der Waals surface area contributed by atoms with Crippen LogP contribution in [0.4, 0.5) is 4.39 Å². The van der Waals surface area contributed by atoms with Crippen molar-refractivity contribution < 1.29 is 9.50 Å². The lowest BCUT2D eigenvalue weighted by Gasteiger charge is -2.26. The Morgan fingerprint density at radius 3 is 2.44 bits per heavy atom. The summed E-state index contributed by atoms with van der Waals surface area (Å²) in [7, 11) is 0. The molecule has 0 aromatic heterocycles. The summed E-state index contributed by atoms with van der Waals surface area (Å²) in [6, 6.07) is 6.58. The zero-order chi connectivity index (χ0) is 11.4. The van der Waals surface area contributed by atoms with Crippen LogP contribution in [0.2, 0.25) is 0 Å². The molecule has 1 nitrogen and oxygen atoms in total. The number of hydrogen-bond donors (Lipinski definition) is 1. The predicted molar refractivity (Wildman–Crippen MR) is 62.8 cm³/mol. The minimum absolute atomic E-state index is 0.213. The average molecular weight is 222 g/mol. The second kappa shape index (κ2) is 4.96. The summed E-state index contributed by atoms with van der Waals surface area (Å²) in [6.07, 6.45) is 6.90. The van der Waals surface area contributed by atoms with E-state index in [0.29, 0.717) is 6.42 Å². The van der Waals surface area contributed by atoms with Crippen molar-refractivity contribution in [3.8, 4) is 0 Å². The summed E-state index contributed by atoms with van der Waals surface area (Å²) >= 11 is 0. The molecule has 0 radical (unpaired) electrons. The third-order valence-corrected chi connectivity index (χ3v) is 3.46. The number of halogens is 1. The van der Waals surface area contributed by atoms with Gasteiger partial charge in [0.1, 0.15) is 5.82 Å². The van der Waals surface area contributed by atoms with Gasteiger partial charge < -0.3 is 5.11 Å². The topological polar surface area (TPSA) is 20.2 Å². The Bertz CT molecular complexity index is 340. The Morgan fingerprint density at radius 1 is 1.12 bits per heavy atom. The molecule has 0 heterocycles. The molecule has 1 saturated carbocycles. The van der Waals surface area contributed by atoms with Crippen molar-refractivity contribution in [1.29, 1.82) is 0 Å². The molecule has 16 heavy (non-hydrogen) atoms. The number of hydrogen-bond acceptors (Lipinski definition) is 1. The Morgan fingerprint density at radius 2 is 1.81 bits per heavy atom. The molecule has 1 aliphatic rings. The van der Waals surface area contributed by atoms with Gasteiger partial charge in [-0.1, -0.05) is 37.8 Å². The predicted octanol–water partition coefficient (Wildman–Crippen LogP) is 3.45. The Labute approximate surface area is 96.3 Å². The lowest BCUT2D eigenvalue weighted by atomic mass is 9.87. The van der Waals surface area contributed by atoms with Crippen molar-refractivity contribution in [1.82, 2.24) is 0 Å². The molecule has 1 aromatic rings. The molecular formula is C14H19FO. The Balaban J connectivity index is 2.06. The van der Waals surface area contributed by atoms with E-state index in [9.17, 15) is 9.50 Å². The number of rotatable bonds is 2. The maximum atomic E-state index is 13.0. The molecule has 2 rings (SSSR count). The zero-order valence-electron chi connectivity index (χ0n) is 9.58. The van der Waals surface area contributed by atoms with Gasteiger partial charge in [0, 0.05) is 6.42 Å². The monoisotopic (exact) mass is 222 g/mol. The molecule has 2 heteroatoms. The van der Waals surface area contributed by atoms with Gasteiger partial charge in [-0.3, -0.25) is 0 Å². The van der Waals surface area contributed by atoms with E-state index < -0.39 is 5.60 Å². The zero-order valence-corrected chi connectivity index (χ0v) is 9.58. The highest BCUT2D eigenvalue weighted by Gasteiger charge is 2.28. The molecule has 0 aliphatic heterocycles. The minimum atomic E-state index is -0.607. The molecule has 0 spiro atoms. The van der Waals surface area contributed by atoms with E-state index >= 15 is 0 Å². The summed E-state index contributed by atoms with van der Waals surface area (Å²) < 4.78 is 13.0. The summed E-state index contributed by atoms with van der Waals surface area (Å²) in [5, 5.41) is 10.5. The van der Waals surface area contributed by atoms with Crippen LogP contribution < -0.4 is 0 Å². The third-order valence-electron chi connectivity index (χ3n) is 3.46. The van der Waals surface area contributed by atoms with E-state index in [1.807, 2.05) is 6.07 Å². The fraction of sp³-hybridized carbons (Fsp3) is 0.571. The second-order valence-electron chi connectivity index (χ2n) is 4.95. The van der Waals surface area contributed by atoms with Gasteiger partial charge in [0.05, 0.1) is 5.60 Å². The normalized spacial score (nSPS) is 20.4. The first-order valence-corrected chi connectivity index (χ1v) is 6.15. The first-order chi connectivity index (χ1) is 7.68. The fourth-order valence-electron chi connectivity index (χ4n) is 2.59. The van der Waals surface area contributed by atoms with Gasteiger partial charge in [-0.05, 0) is 30.5 Å². The highest BCUT2D eigenvalue weighted by atomic mass is 19.1. The van der Waals surface area contributed by atoms with Crippen LogP contribution >= 0.6 is 0 Å². The number of aliphatic hydroxyl groups is 1. The molecule has 0 saturated heterocycles. The van der Waals surface area contributed by atoms with Crippen LogP contribution in [0.5, 0.6) is 0 Å². The van der Waals surface area contributed by atoms with Gasteiger partial charge in [-0.15, -0.1) is 0 Å². The molecule has 0 unspecified atom stereocenters. The first-order valence-electron chi connectivity index (χ1n) is 6.15. The van der Waals surface area contributed by atoms with Crippen molar-refractivity contribution in [2.45, 2.75) is 50.5 Å². The molecule has 0 atom stereocenters. The Kier molecular flexibility index (Phi) is 3.59. The largest absolute Gasteiger partial charge is 0.390 e. The molecule has 1 fully saturated rings. The van der Waals surface area contributed by atoms with Gasteiger partial charge in [-0.25, -0.2) is 4.39 Å². The van der Waals surface area contributed by atoms with Crippen LogP contribution in [0.3, 0.4) is 0 Å². The quantitative estimate of drug-likeness (QED) is 0.760. The van der Waals surface area contributed by atoms with E-state index in [1.54, 1.807) is 6.07 Å². The number of benzene rings is 1. The van der Waals surface area contributed by atoms with Gasteiger partial charge in [0.15, 0.2) is 0 Å². The SMILES string of the molecule is OC1(Cc2cccc(F)c2)CCCCCC1. The van der Waals surface area contributed by atoms with Gasteiger partial charge >= 0.3 is 0 Å². The Hall–Kier alpha value is -0.890. The van der Waals surface area contributed by atoms with Crippen molar-refractivity contribution in [3.63, 3.8) is 0 Å². The summed E-state index contributed by atoms with van der Waals surface area (Å²) in [5.74, 6) is -0.213. The van der Waals surface area contributed by atoms with E-state index in [-0.39, 0.29) is 5.82 Å². The van der Waals surface area contributed by atoms with Gasteiger partial charge in [0.2, 0.25) is 0 Å². The highest BCUT2D eigenvalue weighted by Crippen LogP contribution is 2.30. The van der Waals surface area contributed by atoms with E-state index in [2.05, 4.69) is 0 Å². The maximum absolute atomic E-state index is 13.0. The maximum Gasteiger partial charge on any atom is 0.123 e. The van der Waals surface area contributed by atoms with Crippen molar-refractivity contribution in [2.24, 2.45) is 0 Å². The lowest BCUT2D eigenvalue weighted by molar-refractivity contribution is 0.0252. The van der Waals surface area contributed by atoms with E-state index in [4.69, 9.17) is 0 Å². The summed E-state index contributed by atoms with van der Waals surface area (Å²) in [6.45, 7) is 0. The molecule has 1 aliphatic carbocycles. The second-order valence-corrected chi connectivity index (χ2v) is 4.95. The van der Waals surface area contributed by atoms with Crippen LogP contribution in [0.25, 0.3) is 0 Å². The minimum Gasteiger partial charge on any atom is -0.390 e. The summed E-state index contributed by atoms with van der Waals surface area (Å²) in [4.78, 5) is 0. The molecule has 1 N–H and O–H groups in total. The first kappa shape index (κ1) is 11.6. The van der Waals surface area contributed by atoms with Crippen LogP contribution in [-0.4, -0.2) is 10.7 Å². The lowest BCUT2D eigenvalue weighted by Crippen LogP contribution is -2.30. The van der Waals surface area contributed by atoms with Crippen molar-refractivity contribution in [2.75, 3.05) is 0 Å². The van der Waals surface area contributed by atoms with Gasteiger partial charge in [-0.2, -0.15) is 0 Å². The van der Waals surface area contributed by atoms with Crippen molar-refractivity contribution >= 4 is 0 Å². The van der Waals surface area contributed by atoms with Crippen molar-refractivity contribution in [3.05, 3.63) is 35.6 Å². The van der Waals surface area contributed by atoms with E-state index in [1.165, 1.54) is 25.0 Å².